The van der Waals surface area contributed by atoms with Crippen LogP contribution in [0.3, 0.4) is 0 Å². The van der Waals surface area contributed by atoms with Crippen LogP contribution in [0.25, 0.3) is 0 Å². The van der Waals surface area contributed by atoms with Crippen LogP contribution in [0, 0.1) is 6.92 Å². The molecule has 2 heterocycles. The number of anilines is 1. The molecule has 0 saturated carbocycles. The Morgan fingerprint density at radius 3 is 2.85 bits per heavy atom. The number of likely N-dealkylation sites (N-methyl/N-ethyl adjacent to an activating group) is 1. The zero-order valence-corrected chi connectivity index (χ0v) is 12.8. The highest BCUT2D eigenvalue weighted by Gasteiger charge is 2.31. The molecule has 1 aromatic rings. The van der Waals surface area contributed by atoms with Crippen molar-refractivity contribution in [1.82, 2.24) is 14.6 Å². The molecule has 1 aliphatic heterocycles. The van der Waals surface area contributed by atoms with Gasteiger partial charge in [0.1, 0.15) is 0 Å². The summed E-state index contributed by atoms with van der Waals surface area (Å²) in [4.78, 5) is 4.11. The molecule has 0 spiro atoms. The van der Waals surface area contributed by atoms with E-state index in [1.54, 1.807) is 22.6 Å². The van der Waals surface area contributed by atoms with Crippen LogP contribution in [0.15, 0.2) is 18.3 Å². The van der Waals surface area contributed by atoms with Crippen LogP contribution in [0.4, 0.5) is 5.69 Å². The predicted octanol–water partition coefficient (Wildman–Crippen LogP) is 1.12. The van der Waals surface area contributed by atoms with Crippen molar-refractivity contribution >= 4 is 15.9 Å². The lowest BCUT2D eigenvalue weighted by atomic mass is 10.1. The lowest BCUT2D eigenvalue weighted by Crippen LogP contribution is -2.49. The monoisotopic (exact) mass is 298 g/mol. The number of pyridine rings is 1. The Morgan fingerprint density at radius 2 is 2.20 bits per heavy atom. The van der Waals surface area contributed by atoms with Crippen molar-refractivity contribution in [2.75, 3.05) is 24.9 Å². The van der Waals surface area contributed by atoms with Gasteiger partial charge in [-0.3, -0.25) is 9.71 Å². The molecule has 1 aromatic heterocycles. The number of aryl methyl sites for hydroxylation is 1. The summed E-state index contributed by atoms with van der Waals surface area (Å²) in [5.74, 6) is 0. The SMILES string of the molecule is CNCC1CCCCN1S(=O)(=O)Nc1ccc(C)nc1. The molecule has 0 amide bonds. The molecule has 2 rings (SSSR count). The summed E-state index contributed by atoms with van der Waals surface area (Å²) in [5, 5.41) is 3.06. The molecular formula is C13H22N4O2S. The van der Waals surface area contributed by atoms with E-state index in [0.717, 1.165) is 25.0 Å². The van der Waals surface area contributed by atoms with E-state index in [1.807, 2.05) is 14.0 Å². The molecule has 7 heteroatoms. The smallest absolute Gasteiger partial charge is 0.301 e. The Bertz CT molecular complexity index is 528. The number of rotatable bonds is 5. The summed E-state index contributed by atoms with van der Waals surface area (Å²) in [7, 11) is -1.67. The highest BCUT2D eigenvalue weighted by molar-refractivity contribution is 7.90. The van der Waals surface area contributed by atoms with Gasteiger partial charge in [-0.15, -0.1) is 0 Å². The summed E-state index contributed by atoms with van der Waals surface area (Å²) in [6.07, 6.45) is 4.43. The van der Waals surface area contributed by atoms with Crippen molar-refractivity contribution in [3.8, 4) is 0 Å². The van der Waals surface area contributed by atoms with Gasteiger partial charge in [-0.1, -0.05) is 6.42 Å². The lowest BCUT2D eigenvalue weighted by Gasteiger charge is -2.34. The third-order valence-corrected chi connectivity index (χ3v) is 5.07. The Kier molecular flexibility index (Phi) is 4.95. The van der Waals surface area contributed by atoms with Gasteiger partial charge >= 0.3 is 10.2 Å². The minimum atomic E-state index is -3.52. The van der Waals surface area contributed by atoms with Crippen molar-refractivity contribution in [3.05, 3.63) is 24.0 Å². The van der Waals surface area contributed by atoms with Gasteiger partial charge in [-0.25, -0.2) is 0 Å². The highest BCUT2D eigenvalue weighted by atomic mass is 32.2. The van der Waals surface area contributed by atoms with Gasteiger partial charge in [0, 0.05) is 24.8 Å². The summed E-state index contributed by atoms with van der Waals surface area (Å²) in [6, 6.07) is 3.54. The van der Waals surface area contributed by atoms with Gasteiger partial charge in [-0.2, -0.15) is 12.7 Å². The number of aromatic nitrogens is 1. The largest absolute Gasteiger partial charge is 0.318 e. The Hall–Kier alpha value is -1.18. The van der Waals surface area contributed by atoms with Crippen molar-refractivity contribution in [3.63, 3.8) is 0 Å². The van der Waals surface area contributed by atoms with E-state index in [1.165, 1.54) is 0 Å². The fraction of sp³-hybridized carbons (Fsp3) is 0.615. The quantitative estimate of drug-likeness (QED) is 0.854. The lowest BCUT2D eigenvalue weighted by molar-refractivity contribution is 0.250. The maximum absolute atomic E-state index is 12.5. The number of nitrogens with zero attached hydrogens (tertiary/aromatic N) is 2. The fourth-order valence-corrected chi connectivity index (χ4v) is 3.94. The van der Waals surface area contributed by atoms with E-state index in [-0.39, 0.29) is 6.04 Å². The van der Waals surface area contributed by atoms with E-state index in [0.29, 0.717) is 18.8 Å². The number of piperidine rings is 1. The molecule has 1 aliphatic rings. The van der Waals surface area contributed by atoms with Crippen LogP contribution >= 0.6 is 0 Å². The van der Waals surface area contributed by atoms with Crippen LogP contribution in [-0.4, -0.2) is 43.9 Å². The van der Waals surface area contributed by atoms with Gasteiger partial charge in [0.2, 0.25) is 0 Å². The van der Waals surface area contributed by atoms with Crippen molar-refractivity contribution in [1.29, 1.82) is 0 Å². The van der Waals surface area contributed by atoms with Gasteiger partial charge < -0.3 is 5.32 Å². The first-order chi connectivity index (χ1) is 9.53. The van der Waals surface area contributed by atoms with Crippen molar-refractivity contribution in [2.24, 2.45) is 0 Å². The summed E-state index contributed by atoms with van der Waals surface area (Å²) < 4.78 is 29.1. The van der Waals surface area contributed by atoms with Crippen LogP contribution in [0.2, 0.25) is 0 Å². The molecule has 0 aliphatic carbocycles. The average molecular weight is 298 g/mol. The third-order valence-electron chi connectivity index (χ3n) is 3.48. The number of hydrogen-bond donors (Lipinski definition) is 2. The molecule has 1 fully saturated rings. The maximum Gasteiger partial charge on any atom is 0.301 e. The first kappa shape index (κ1) is 15.2. The molecule has 1 atom stereocenters. The summed E-state index contributed by atoms with van der Waals surface area (Å²) >= 11 is 0. The number of nitrogens with one attached hydrogen (secondary N) is 2. The van der Waals surface area contributed by atoms with E-state index in [9.17, 15) is 8.42 Å². The van der Waals surface area contributed by atoms with Crippen molar-refractivity contribution < 1.29 is 8.42 Å². The zero-order valence-electron chi connectivity index (χ0n) is 12.0. The maximum atomic E-state index is 12.5. The van der Waals surface area contributed by atoms with E-state index >= 15 is 0 Å². The first-order valence-electron chi connectivity index (χ1n) is 6.90. The zero-order chi connectivity index (χ0) is 14.6. The second-order valence-corrected chi connectivity index (χ2v) is 6.74. The molecular weight excluding hydrogens is 276 g/mol. The molecule has 0 radical (unpaired) electrons. The third kappa shape index (κ3) is 3.68. The second-order valence-electron chi connectivity index (χ2n) is 5.11. The van der Waals surface area contributed by atoms with E-state index in [4.69, 9.17) is 0 Å². The van der Waals surface area contributed by atoms with Crippen LogP contribution in [0.5, 0.6) is 0 Å². The van der Waals surface area contributed by atoms with Crippen LogP contribution in [-0.2, 0) is 10.2 Å². The van der Waals surface area contributed by atoms with Gasteiger partial charge in [-0.05, 0) is 38.9 Å². The standard InChI is InChI=1S/C13H22N4O2S/c1-11-6-7-12(9-15-11)16-20(18,19)17-8-4-3-5-13(17)10-14-2/h6-7,9,13-14,16H,3-5,8,10H2,1-2H3. The predicted molar refractivity (Wildman–Crippen MR) is 79.8 cm³/mol. The van der Waals surface area contributed by atoms with Gasteiger partial charge in [0.25, 0.3) is 0 Å². The Morgan fingerprint density at radius 1 is 1.40 bits per heavy atom. The summed E-state index contributed by atoms with van der Waals surface area (Å²) in [5.41, 5.74) is 1.36. The Balaban J connectivity index is 2.13. The molecule has 0 bridgehead atoms. The van der Waals surface area contributed by atoms with E-state index < -0.39 is 10.2 Å². The van der Waals surface area contributed by atoms with Gasteiger partial charge in [0.05, 0.1) is 11.9 Å². The van der Waals surface area contributed by atoms with E-state index in [2.05, 4.69) is 15.0 Å². The minimum absolute atomic E-state index is 0.0182. The van der Waals surface area contributed by atoms with Crippen molar-refractivity contribution in [2.45, 2.75) is 32.2 Å². The molecule has 1 saturated heterocycles. The number of hydrogen-bond acceptors (Lipinski definition) is 4. The normalized spacial score (nSPS) is 20.8. The molecule has 20 heavy (non-hydrogen) atoms. The molecule has 0 aromatic carbocycles. The molecule has 112 valence electrons. The second kappa shape index (κ2) is 6.51. The summed E-state index contributed by atoms with van der Waals surface area (Å²) in [6.45, 7) is 3.11. The fourth-order valence-electron chi connectivity index (χ4n) is 2.47. The van der Waals surface area contributed by atoms with Crippen LogP contribution in [0.1, 0.15) is 25.0 Å². The minimum Gasteiger partial charge on any atom is -0.318 e. The highest BCUT2D eigenvalue weighted by Crippen LogP contribution is 2.21. The van der Waals surface area contributed by atoms with Crippen LogP contribution < -0.4 is 10.0 Å². The topological polar surface area (TPSA) is 74.3 Å². The average Bonchev–Trinajstić information content (AvgIpc) is 2.42. The molecule has 6 nitrogen and oxygen atoms in total. The van der Waals surface area contributed by atoms with Gasteiger partial charge in [0.15, 0.2) is 0 Å². The first-order valence-corrected chi connectivity index (χ1v) is 8.34. The Labute approximate surface area is 120 Å². The molecule has 1 unspecified atom stereocenters. The molecule has 2 N–H and O–H groups in total.